The molecule has 7 nitrogen and oxygen atoms in total. The number of H-pyrrole nitrogens is 1. The van der Waals surface area contributed by atoms with Gasteiger partial charge in [0.1, 0.15) is 18.2 Å². The van der Waals surface area contributed by atoms with E-state index < -0.39 is 23.4 Å². The number of fused-ring (bicyclic) bond motifs is 1. The van der Waals surface area contributed by atoms with E-state index in [9.17, 15) is 18.0 Å². The molecule has 0 bridgehead atoms. The summed E-state index contributed by atoms with van der Waals surface area (Å²) in [6.45, 7) is 6.88. The molecule has 0 aliphatic heterocycles. The van der Waals surface area contributed by atoms with Crippen LogP contribution in [0.1, 0.15) is 38.6 Å². The summed E-state index contributed by atoms with van der Waals surface area (Å²) >= 11 is 0. The summed E-state index contributed by atoms with van der Waals surface area (Å²) in [6, 6.07) is 5.42. The number of halogens is 3. The standard InChI is InChI=1S/C22H25F3N4O3/c1-12(2)10-21(4,29-20(30)31)11-32-17-6-5-14(9-16(17)22(23,24)25)15-7-8-26-19-18(15)27-13(3)28-19/h5-9,12,29H,10-11H2,1-4H3,(H,30,31)(H,26,27,28). The van der Waals surface area contributed by atoms with Gasteiger partial charge in [-0.25, -0.2) is 14.8 Å². The molecule has 0 saturated carbocycles. The Bertz CT molecular complexity index is 1130. The summed E-state index contributed by atoms with van der Waals surface area (Å²) in [6.07, 6.45) is -4.05. The molecule has 32 heavy (non-hydrogen) atoms. The maximum absolute atomic E-state index is 13.9. The van der Waals surface area contributed by atoms with Crippen LogP contribution < -0.4 is 10.1 Å². The minimum absolute atomic E-state index is 0.104. The Morgan fingerprint density at radius 3 is 2.62 bits per heavy atom. The van der Waals surface area contributed by atoms with Gasteiger partial charge < -0.3 is 20.1 Å². The van der Waals surface area contributed by atoms with Crippen molar-refractivity contribution in [3.05, 3.63) is 41.9 Å². The first-order chi connectivity index (χ1) is 14.9. The van der Waals surface area contributed by atoms with E-state index in [2.05, 4.69) is 20.3 Å². The van der Waals surface area contributed by atoms with E-state index in [1.54, 1.807) is 19.9 Å². The molecule has 0 aliphatic carbocycles. The number of hydrogen-bond acceptors (Lipinski definition) is 4. The number of benzene rings is 1. The number of hydrogen-bond donors (Lipinski definition) is 3. The van der Waals surface area contributed by atoms with E-state index in [1.165, 1.54) is 18.3 Å². The van der Waals surface area contributed by atoms with Crippen molar-refractivity contribution in [2.24, 2.45) is 5.92 Å². The van der Waals surface area contributed by atoms with Crippen molar-refractivity contribution in [3.63, 3.8) is 0 Å². The van der Waals surface area contributed by atoms with Gasteiger partial charge in [-0.3, -0.25) is 0 Å². The van der Waals surface area contributed by atoms with Crippen LogP contribution in [-0.4, -0.2) is 38.3 Å². The highest BCUT2D eigenvalue weighted by Gasteiger charge is 2.36. The predicted octanol–water partition coefficient (Wildman–Crippen LogP) is 5.40. The van der Waals surface area contributed by atoms with Gasteiger partial charge in [0.2, 0.25) is 0 Å². The fraction of sp³-hybridized carbons (Fsp3) is 0.409. The fourth-order valence-corrected chi connectivity index (χ4v) is 3.85. The zero-order valence-electron chi connectivity index (χ0n) is 18.2. The highest BCUT2D eigenvalue weighted by atomic mass is 19.4. The Morgan fingerprint density at radius 2 is 2.00 bits per heavy atom. The van der Waals surface area contributed by atoms with Gasteiger partial charge in [0.05, 0.1) is 16.6 Å². The molecule has 1 aromatic carbocycles. The first kappa shape index (κ1) is 23.4. The second kappa shape index (κ2) is 8.68. The van der Waals surface area contributed by atoms with Crippen LogP contribution in [0.25, 0.3) is 22.3 Å². The molecule has 0 aliphatic rings. The van der Waals surface area contributed by atoms with Crippen molar-refractivity contribution in [2.75, 3.05) is 6.61 Å². The normalized spacial score (nSPS) is 13.9. The van der Waals surface area contributed by atoms with Crippen LogP contribution in [0.15, 0.2) is 30.5 Å². The van der Waals surface area contributed by atoms with Crippen LogP contribution in [-0.2, 0) is 6.18 Å². The number of nitrogens with one attached hydrogen (secondary N) is 2. The van der Waals surface area contributed by atoms with E-state index in [1.807, 2.05) is 13.8 Å². The summed E-state index contributed by atoms with van der Waals surface area (Å²) in [7, 11) is 0. The maximum Gasteiger partial charge on any atom is 0.419 e. The van der Waals surface area contributed by atoms with Gasteiger partial charge >= 0.3 is 12.3 Å². The van der Waals surface area contributed by atoms with Crippen LogP contribution in [0.4, 0.5) is 18.0 Å². The number of rotatable bonds is 7. The largest absolute Gasteiger partial charge is 0.491 e. The highest BCUT2D eigenvalue weighted by molar-refractivity contribution is 5.90. The minimum Gasteiger partial charge on any atom is -0.491 e. The Hall–Kier alpha value is -3.30. The first-order valence-electron chi connectivity index (χ1n) is 10.0. The number of carbonyl (C=O) groups is 1. The third-order valence-corrected chi connectivity index (χ3v) is 4.92. The number of nitrogens with zero attached hydrogens (tertiary/aromatic N) is 2. The summed E-state index contributed by atoms with van der Waals surface area (Å²) < 4.78 is 47.2. The SMILES string of the molecule is Cc1nc2nccc(-c3ccc(OCC(C)(CC(C)C)NC(=O)O)c(C(F)(F)F)c3)c2[nH]1. The summed E-state index contributed by atoms with van der Waals surface area (Å²) in [5.41, 5.74) is -0.177. The van der Waals surface area contributed by atoms with E-state index in [0.717, 1.165) is 6.07 Å². The first-order valence-corrected chi connectivity index (χ1v) is 10.0. The Morgan fingerprint density at radius 1 is 1.28 bits per heavy atom. The molecule has 0 saturated heterocycles. The summed E-state index contributed by atoms with van der Waals surface area (Å²) in [4.78, 5) is 22.6. The molecule has 172 valence electrons. The quantitative estimate of drug-likeness (QED) is 0.447. The Labute approximate surface area is 183 Å². The number of alkyl halides is 3. The van der Waals surface area contributed by atoms with Gasteiger partial charge in [-0.05, 0) is 49.9 Å². The number of amides is 1. The molecular formula is C22H25F3N4O3. The van der Waals surface area contributed by atoms with Gasteiger partial charge in [0, 0.05) is 11.8 Å². The zero-order chi connectivity index (χ0) is 23.7. The second-order valence-corrected chi connectivity index (χ2v) is 8.47. The van der Waals surface area contributed by atoms with Crippen molar-refractivity contribution >= 4 is 17.3 Å². The van der Waals surface area contributed by atoms with Crippen molar-refractivity contribution in [2.45, 2.75) is 45.8 Å². The number of carboxylic acid groups (broad SMARTS) is 1. The summed E-state index contributed by atoms with van der Waals surface area (Å²) in [5, 5.41) is 11.5. The van der Waals surface area contributed by atoms with Crippen LogP contribution in [0.3, 0.4) is 0 Å². The lowest BCUT2D eigenvalue weighted by molar-refractivity contribution is -0.139. The fourth-order valence-electron chi connectivity index (χ4n) is 3.85. The Balaban J connectivity index is 1.98. The van der Waals surface area contributed by atoms with Gasteiger partial charge in [0.25, 0.3) is 0 Å². The number of aryl methyl sites for hydroxylation is 1. The Kier molecular flexibility index (Phi) is 6.34. The van der Waals surface area contributed by atoms with E-state index in [-0.39, 0.29) is 18.3 Å². The number of ether oxygens (including phenoxy) is 1. The monoisotopic (exact) mass is 450 g/mol. The molecule has 10 heteroatoms. The number of aromatic nitrogens is 3. The molecule has 1 amide bonds. The van der Waals surface area contributed by atoms with Crippen LogP contribution >= 0.6 is 0 Å². The average Bonchev–Trinajstić information content (AvgIpc) is 3.04. The number of pyridine rings is 1. The lowest BCUT2D eigenvalue weighted by Crippen LogP contribution is -2.50. The van der Waals surface area contributed by atoms with Gasteiger partial charge in [-0.1, -0.05) is 19.9 Å². The molecule has 0 fully saturated rings. The molecule has 0 spiro atoms. The number of aromatic amines is 1. The van der Waals surface area contributed by atoms with Gasteiger partial charge in [-0.2, -0.15) is 13.2 Å². The average molecular weight is 450 g/mol. The molecule has 2 aromatic heterocycles. The van der Waals surface area contributed by atoms with Crippen molar-refractivity contribution in [3.8, 4) is 16.9 Å². The topological polar surface area (TPSA) is 100 Å². The maximum atomic E-state index is 13.9. The van der Waals surface area contributed by atoms with Crippen molar-refractivity contribution in [1.82, 2.24) is 20.3 Å². The van der Waals surface area contributed by atoms with E-state index in [4.69, 9.17) is 9.84 Å². The van der Waals surface area contributed by atoms with Gasteiger partial charge in [-0.15, -0.1) is 0 Å². The van der Waals surface area contributed by atoms with Crippen molar-refractivity contribution < 1.29 is 27.8 Å². The molecule has 1 unspecified atom stereocenters. The predicted molar refractivity (Wildman–Crippen MR) is 114 cm³/mol. The van der Waals surface area contributed by atoms with E-state index in [0.29, 0.717) is 34.5 Å². The third kappa shape index (κ3) is 5.30. The van der Waals surface area contributed by atoms with Gasteiger partial charge in [0.15, 0.2) is 5.65 Å². The smallest absolute Gasteiger partial charge is 0.419 e. The lowest BCUT2D eigenvalue weighted by atomic mass is 9.91. The zero-order valence-corrected chi connectivity index (χ0v) is 18.2. The van der Waals surface area contributed by atoms with Crippen LogP contribution in [0.5, 0.6) is 5.75 Å². The molecule has 3 aromatic rings. The second-order valence-electron chi connectivity index (χ2n) is 8.47. The summed E-state index contributed by atoms with van der Waals surface area (Å²) in [5.74, 6) is 0.340. The molecule has 3 rings (SSSR count). The van der Waals surface area contributed by atoms with Crippen LogP contribution in [0.2, 0.25) is 0 Å². The van der Waals surface area contributed by atoms with Crippen molar-refractivity contribution in [1.29, 1.82) is 0 Å². The minimum atomic E-state index is -4.67. The van der Waals surface area contributed by atoms with Crippen LogP contribution in [0, 0.1) is 12.8 Å². The number of imidazole rings is 1. The van der Waals surface area contributed by atoms with E-state index >= 15 is 0 Å². The highest BCUT2D eigenvalue weighted by Crippen LogP contribution is 2.40. The molecular weight excluding hydrogens is 425 g/mol. The molecule has 2 heterocycles. The molecule has 0 radical (unpaired) electrons. The lowest BCUT2D eigenvalue weighted by Gasteiger charge is -2.31. The third-order valence-electron chi connectivity index (χ3n) is 4.92. The molecule has 1 atom stereocenters. The molecule has 3 N–H and O–H groups in total.